The van der Waals surface area contributed by atoms with E-state index in [0.29, 0.717) is 40.1 Å². The molecule has 0 bridgehead atoms. The molecule has 37 heavy (non-hydrogen) atoms. The molecule has 0 saturated carbocycles. The fraction of sp³-hybridized carbons (Fsp3) is 0.600. The Balaban J connectivity index is 1.60. The molecule has 0 aromatic heterocycles. The molecule has 1 aliphatic heterocycles. The van der Waals surface area contributed by atoms with Crippen molar-refractivity contribution in [3.63, 3.8) is 0 Å². The van der Waals surface area contributed by atoms with Crippen LogP contribution in [-0.4, -0.2) is 70.7 Å². The molecular weight excluding hydrogens is 484 g/mol. The van der Waals surface area contributed by atoms with E-state index in [0.717, 1.165) is 83.4 Å². The Hall–Kier alpha value is -2.09. The molecule has 0 saturated heterocycles. The maximum absolute atomic E-state index is 13.3. The number of hydrogen-bond donors (Lipinski definition) is 0. The number of fused-ring (bicyclic) bond motifs is 3. The van der Waals surface area contributed by atoms with Crippen LogP contribution in [0.3, 0.4) is 0 Å². The van der Waals surface area contributed by atoms with Crippen LogP contribution in [0.2, 0.25) is 0 Å². The molecule has 206 valence electrons. The van der Waals surface area contributed by atoms with Gasteiger partial charge in [0, 0.05) is 24.2 Å². The van der Waals surface area contributed by atoms with Crippen LogP contribution in [0, 0.1) is 0 Å². The third kappa shape index (κ3) is 7.95. The van der Waals surface area contributed by atoms with Gasteiger partial charge in [-0.15, -0.1) is 0 Å². The highest BCUT2D eigenvalue weighted by atomic mass is 32.2. The summed E-state index contributed by atoms with van der Waals surface area (Å²) in [7, 11) is -3.56. The lowest BCUT2D eigenvalue weighted by Gasteiger charge is -2.20. The van der Waals surface area contributed by atoms with E-state index in [1.807, 2.05) is 18.2 Å². The van der Waals surface area contributed by atoms with Crippen molar-refractivity contribution in [3.05, 3.63) is 36.4 Å². The van der Waals surface area contributed by atoms with Gasteiger partial charge in [-0.05, 0) is 101 Å². The van der Waals surface area contributed by atoms with Gasteiger partial charge in [0.2, 0.25) is 9.84 Å². The lowest BCUT2D eigenvalue weighted by atomic mass is 10.1. The van der Waals surface area contributed by atoms with Gasteiger partial charge in [0.25, 0.3) is 0 Å². The highest BCUT2D eigenvalue weighted by molar-refractivity contribution is 7.92. The molecule has 7 heteroatoms. The number of benzene rings is 2. The molecular formula is C30H46N2O4S. The average Bonchev–Trinajstić information content (AvgIpc) is 3.10. The zero-order valence-electron chi connectivity index (χ0n) is 23.3. The first-order valence-electron chi connectivity index (χ1n) is 14.2. The zero-order valence-corrected chi connectivity index (χ0v) is 24.1. The monoisotopic (exact) mass is 530 g/mol. The molecule has 2 aromatic carbocycles. The molecule has 6 nitrogen and oxygen atoms in total. The molecule has 0 amide bonds. The molecule has 0 atom stereocenters. The summed E-state index contributed by atoms with van der Waals surface area (Å²) in [4.78, 5) is 5.60. The van der Waals surface area contributed by atoms with Crippen molar-refractivity contribution in [2.45, 2.75) is 76.0 Å². The molecule has 1 aliphatic rings. The van der Waals surface area contributed by atoms with E-state index < -0.39 is 9.84 Å². The lowest BCUT2D eigenvalue weighted by molar-refractivity contribution is 0.234. The fourth-order valence-electron chi connectivity index (χ4n) is 5.09. The van der Waals surface area contributed by atoms with Crippen LogP contribution in [0.1, 0.15) is 66.2 Å². The van der Waals surface area contributed by atoms with Crippen LogP contribution in [0.4, 0.5) is 0 Å². The van der Waals surface area contributed by atoms with Crippen molar-refractivity contribution < 1.29 is 17.9 Å². The minimum atomic E-state index is -3.56. The lowest BCUT2D eigenvalue weighted by Crippen LogP contribution is -2.27. The zero-order chi connectivity index (χ0) is 26.7. The topological polar surface area (TPSA) is 59.1 Å². The first-order valence-corrected chi connectivity index (χ1v) is 15.7. The fourth-order valence-corrected chi connectivity index (χ4v) is 6.77. The summed E-state index contributed by atoms with van der Waals surface area (Å²) in [5.41, 5.74) is 1.44. The second-order valence-corrected chi connectivity index (χ2v) is 11.8. The van der Waals surface area contributed by atoms with Gasteiger partial charge in [-0.2, -0.15) is 0 Å². The number of rotatable bonds is 18. The number of hydrogen-bond acceptors (Lipinski definition) is 6. The molecule has 0 unspecified atom stereocenters. The largest absolute Gasteiger partial charge is 0.494 e. The average molecular weight is 531 g/mol. The van der Waals surface area contributed by atoms with Gasteiger partial charge in [0.15, 0.2) is 0 Å². The van der Waals surface area contributed by atoms with Crippen LogP contribution < -0.4 is 9.47 Å². The smallest absolute Gasteiger partial charge is 0.207 e. The summed E-state index contributed by atoms with van der Waals surface area (Å²) in [6.07, 6.45) is 6.47. The second kappa shape index (κ2) is 14.7. The van der Waals surface area contributed by atoms with Gasteiger partial charge in [-0.1, -0.05) is 27.7 Å². The summed E-state index contributed by atoms with van der Waals surface area (Å²) >= 11 is 0. The van der Waals surface area contributed by atoms with Crippen molar-refractivity contribution >= 4 is 9.84 Å². The van der Waals surface area contributed by atoms with Gasteiger partial charge in [-0.25, -0.2) is 8.42 Å². The molecule has 1 heterocycles. The minimum absolute atomic E-state index is 0.325. The molecule has 0 radical (unpaired) electrons. The first-order chi connectivity index (χ1) is 17.9. The quantitative estimate of drug-likeness (QED) is 0.180. The molecule has 0 spiro atoms. The van der Waals surface area contributed by atoms with E-state index in [2.05, 4.69) is 37.5 Å². The third-order valence-electron chi connectivity index (χ3n) is 6.71. The SMILES string of the molecule is CCCN(CCC)CCCOc1ccc2c(c1)-c1ccc(OCCCN(CCC)CCC)cc1S2(=O)=O. The summed E-state index contributed by atoms with van der Waals surface area (Å²) in [5, 5.41) is 0. The summed E-state index contributed by atoms with van der Waals surface area (Å²) in [6.45, 7) is 16.4. The molecule has 0 fully saturated rings. The van der Waals surface area contributed by atoms with Crippen molar-refractivity contribution in [1.29, 1.82) is 0 Å². The van der Waals surface area contributed by atoms with Crippen molar-refractivity contribution in [2.24, 2.45) is 0 Å². The second-order valence-electron chi connectivity index (χ2n) is 9.91. The van der Waals surface area contributed by atoms with Gasteiger partial charge in [0.05, 0.1) is 23.0 Å². The van der Waals surface area contributed by atoms with Gasteiger partial charge in [-0.3, -0.25) is 0 Å². The van der Waals surface area contributed by atoms with Crippen LogP contribution in [-0.2, 0) is 9.84 Å². The summed E-state index contributed by atoms with van der Waals surface area (Å²) in [6, 6.07) is 10.7. The van der Waals surface area contributed by atoms with E-state index >= 15 is 0 Å². The first kappa shape index (κ1) is 29.5. The Bertz CT molecular complexity index is 1070. The minimum Gasteiger partial charge on any atom is -0.494 e. The van der Waals surface area contributed by atoms with E-state index in [-0.39, 0.29) is 0 Å². The predicted molar refractivity (Wildman–Crippen MR) is 152 cm³/mol. The maximum Gasteiger partial charge on any atom is 0.207 e. The standard InChI is InChI=1S/C30H46N2O4S/c1-5-15-31(16-6-2)19-9-21-35-25-12-14-29-28(23-25)27-13-11-26(24-30(27)37(29,33)34)36-22-10-20-32(17-7-3)18-8-4/h11-14,23-24H,5-10,15-22H2,1-4H3. The van der Waals surface area contributed by atoms with Gasteiger partial charge >= 0.3 is 0 Å². The highest BCUT2D eigenvalue weighted by Gasteiger charge is 2.33. The number of ether oxygens (including phenoxy) is 2. The molecule has 3 rings (SSSR count). The number of nitrogens with zero attached hydrogens (tertiary/aromatic N) is 2. The van der Waals surface area contributed by atoms with Crippen LogP contribution in [0.25, 0.3) is 11.1 Å². The normalized spacial score (nSPS) is 13.7. The van der Waals surface area contributed by atoms with E-state index in [1.54, 1.807) is 18.2 Å². The molecule has 2 aromatic rings. The van der Waals surface area contributed by atoms with Crippen LogP contribution in [0.5, 0.6) is 11.5 Å². The Morgan fingerprint density at radius 2 is 1.08 bits per heavy atom. The van der Waals surface area contributed by atoms with Crippen molar-refractivity contribution in [2.75, 3.05) is 52.5 Å². The van der Waals surface area contributed by atoms with Crippen molar-refractivity contribution in [1.82, 2.24) is 9.80 Å². The Labute approximate surface area is 224 Å². The van der Waals surface area contributed by atoms with Gasteiger partial charge in [0.1, 0.15) is 11.5 Å². The Morgan fingerprint density at radius 3 is 1.59 bits per heavy atom. The third-order valence-corrected chi connectivity index (χ3v) is 8.56. The summed E-state index contributed by atoms with van der Waals surface area (Å²) in [5.74, 6) is 1.32. The summed E-state index contributed by atoms with van der Waals surface area (Å²) < 4.78 is 38.5. The molecule has 0 N–H and O–H groups in total. The number of sulfone groups is 1. The Morgan fingerprint density at radius 1 is 0.595 bits per heavy atom. The van der Waals surface area contributed by atoms with E-state index in [4.69, 9.17) is 9.47 Å². The predicted octanol–water partition coefficient (Wildman–Crippen LogP) is 6.28. The Kier molecular flexibility index (Phi) is 11.7. The van der Waals surface area contributed by atoms with Crippen LogP contribution >= 0.6 is 0 Å². The molecule has 0 aliphatic carbocycles. The van der Waals surface area contributed by atoms with Crippen molar-refractivity contribution in [3.8, 4) is 22.6 Å². The van der Waals surface area contributed by atoms with Gasteiger partial charge < -0.3 is 19.3 Å². The maximum atomic E-state index is 13.3. The van der Waals surface area contributed by atoms with Crippen LogP contribution in [0.15, 0.2) is 46.2 Å². The van der Waals surface area contributed by atoms with E-state index in [1.165, 1.54) is 0 Å². The highest BCUT2D eigenvalue weighted by Crippen LogP contribution is 2.45. The van der Waals surface area contributed by atoms with E-state index in [9.17, 15) is 8.42 Å².